The van der Waals surface area contributed by atoms with Gasteiger partial charge in [-0.05, 0) is 64.8 Å². The Bertz CT molecular complexity index is 861. The molecular formula is C16H18BrN5O3. The molecule has 0 bridgehead atoms. The zero-order chi connectivity index (χ0) is 18.1. The summed E-state index contributed by atoms with van der Waals surface area (Å²) in [5.41, 5.74) is 2.14. The van der Waals surface area contributed by atoms with Gasteiger partial charge in [-0.2, -0.15) is 4.68 Å². The van der Waals surface area contributed by atoms with Crippen LogP contribution in [0.4, 0.5) is 5.95 Å². The van der Waals surface area contributed by atoms with Crippen LogP contribution in [-0.2, 0) is 4.79 Å². The lowest BCUT2D eigenvalue weighted by molar-refractivity contribution is -0.114. The lowest BCUT2D eigenvalue weighted by Gasteiger charge is -2.28. The number of nitrogens with zero attached hydrogens (tertiary/aromatic N) is 4. The Morgan fingerprint density at radius 1 is 1.44 bits per heavy atom. The van der Waals surface area contributed by atoms with Gasteiger partial charge in [0.15, 0.2) is 17.3 Å². The van der Waals surface area contributed by atoms with Crippen molar-refractivity contribution in [2.45, 2.75) is 26.8 Å². The number of benzene rings is 1. The summed E-state index contributed by atoms with van der Waals surface area (Å²) in [4.78, 5) is 12.3. The molecule has 0 radical (unpaired) electrons. The van der Waals surface area contributed by atoms with Crippen LogP contribution in [0.2, 0.25) is 0 Å². The zero-order valence-electron chi connectivity index (χ0n) is 14.3. The molecule has 3 rings (SSSR count). The van der Waals surface area contributed by atoms with Gasteiger partial charge in [-0.15, -0.1) is 0 Å². The highest BCUT2D eigenvalue weighted by atomic mass is 79.9. The average Bonchev–Trinajstić information content (AvgIpc) is 3.01. The second-order valence-electron chi connectivity index (χ2n) is 5.54. The number of carbonyl (C=O) groups is 1. The van der Waals surface area contributed by atoms with E-state index in [2.05, 4.69) is 36.8 Å². The lowest BCUT2D eigenvalue weighted by atomic mass is 9.93. The van der Waals surface area contributed by atoms with E-state index >= 15 is 0 Å². The van der Waals surface area contributed by atoms with Crippen LogP contribution >= 0.6 is 15.9 Å². The monoisotopic (exact) mass is 407 g/mol. The van der Waals surface area contributed by atoms with Crippen LogP contribution in [0.25, 0.3) is 0 Å². The van der Waals surface area contributed by atoms with Crippen molar-refractivity contribution >= 4 is 27.7 Å². The molecule has 8 nitrogen and oxygen atoms in total. The van der Waals surface area contributed by atoms with Crippen molar-refractivity contribution in [1.29, 1.82) is 0 Å². The summed E-state index contributed by atoms with van der Waals surface area (Å²) >= 11 is 3.52. The number of allylic oxidation sites excluding steroid dienone is 2. The van der Waals surface area contributed by atoms with E-state index in [0.29, 0.717) is 29.6 Å². The number of methoxy groups -OCH3 is 1. The Balaban J connectivity index is 2.22. The van der Waals surface area contributed by atoms with Crippen LogP contribution in [-0.4, -0.2) is 39.7 Å². The van der Waals surface area contributed by atoms with Crippen LogP contribution < -0.4 is 14.8 Å². The summed E-state index contributed by atoms with van der Waals surface area (Å²) in [6, 6.07) is 3.29. The number of carbonyl (C=O) groups excluding carboxylic acids is 1. The first-order chi connectivity index (χ1) is 12.0. The highest BCUT2D eigenvalue weighted by molar-refractivity contribution is 9.10. The zero-order valence-corrected chi connectivity index (χ0v) is 15.9. The topological polar surface area (TPSA) is 91.2 Å². The van der Waals surface area contributed by atoms with Gasteiger partial charge in [0.25, 0.3) is 0 Å². The predicted octanol–water partition coefficient (Wildman–Crippen LogP) is 2.72. The third kappa shape index (κ3) is 2.99. The van der Waals surface area contributed by atoms with Crippen molar-refractivity contribution in [2.75, 3.05) is 19.0 Å². The first kappa shape index (κ1) is 17.4. The maximum Gasteiger partial charge on any atom is 0.248 e. The minimum absolute atomic E-state index is 0.0546. The quantitative estimate of drug-likeness (QED) is 0.814. The summed E-state index contributed by atoms with van der Waals surface area (Å²) < 4.78 is 13.4. The molecule has 25 heavy (non-hydrogen) atoms. The molecule has 1 N–H and O–H groups in total. The first-order valence-electron chi connectivity index (χ1n) is 7.74. The molecule has 0 amide bonds. The van der Waals surface area contributed by atoms with Gasteiger partial charge < -0.3 is 14.8 Å². The minimum Gasteiger partial charge on any atom is -0.492 e. The molecule has 1 atom stereocenters. The maximum absolute atomic E-state index is 12.3. The average molecular weight is 408 g/mol. The lowest BCUT2D eigenvalue weighted by Crippen LogP contribution is -2.28. The number of fused-ring (bicyclic) bond motifs is 1. The number of anilines is 1. The second kappa shape index (κ2) is 6.83. The third-order valence-electron chi connectivity index (χ3n) is 3.94. The molecule has 1 aromatic heterocycles. The van der Waals surface area contributed by atoms with E-state index in [-0.39, 0.29) is 5.78 Å². The number of nitrogens with one attached hydrogen (secondary N) is 1. The fraction of sp³-hybridized carbons (Fsp3) is 0.375. The van der Waals surface area contributed by atoms with Gasteiger partial charge >= 0.3 is 0 Å². The molecule has 1 aliphatic heterocycles. The summed E-state index contributed by atoms with van der Waals surface area (Å²) in [6.07, 6.45) is 0. The molecular weight excluding hydrogens is 390 g/mol. The number of rotatable bonds is 5. The van der Waals surface area contributed by atoms with Gasteiger partial charge in [0.1, 0.15) is 6.04 Å². The molecule has 0 aliphatic carbocycles. The summed E-state index contributed by atoms with van der Waals surface area (Å²) in [6.45, 7) is 5.76. The molecule has 132 valence electrons. The van der Waals surface area contributed by atoms with Crippen LogP contribution in [0.15, 0.2) is 27.9 Å². The predicted molar refractivity (Wildman–Crippen MR) is 94.8 cm³/mol. The van der Waals surface area contributed by atoms with E-state index < -0.39 is 6.04 Å². The van der Waals surface area contributed by atoms with Gasteiger partial charge in [-0.3, -0.25) is 4.79 Å². The molecule has 0 spiro atoms. The first-order valence-corrected chi connectivity index (χ1v) is 8.54. The third-order valence-corrected chi connectivity index (χ3v) is 4.53. The molecule has 0 saturated carbocycles. The largest absolute Gasteiger partial charge is 0.492 e. The van der Waals surface area contributed by atoms with Crippen molar-refractivity contribution < 1.29 is 14.3 Å². The standard InChI is InChI=1S/C16H18BrN5O3/c1-5-25-12-7-10(6-11(17)15(12)24-4)14-13(9(3)23)8(2)18-16-19-20-21-22(14)16/h6-7,14H,5H2,1-4H3,(H,18,19,21). The minimum atomic E-state index is -0.454. The van der Waals surface area contributed by atoms with Gasteiger partial charge in [0, 0.05) is 11.3 Å². The number of aromatic nitrogens is 4. The Hall–Kier alpha value is -2.42. The van der Waals surface area contributed by atoms with E-state index in [1.54, 1.807) is 11.8 Å². The van der Waals surface area contributed by atoms with E-state index in [9.17, 15) is 4.79 Å². The number of ether oxygens (including phenoxy) is 2. The Labute approximate surface area is 153 Å². The fourth-order valence-electron chi connectivity index (χ4n) is 2.98. The van der Waals surface area contributed by atoms with E-state index in [4.69, 9.17) is 9.47 Å². The number of Topliss-reactive ketones (excluding diaryl/α,β-unsaturated/α-hetero) is 1. The summed E-state index contributed by atoms with van der Waals surface area (Å²) in [5, 5.41) is 14.8. The van der Waals surface area contributed by atoms with Crippen molar-refractivity contribution in [2.24, 2.45) is 0 Å². The highest BCUT2D eigenvalue weighted by Crippen LogP contribution is 2.42. The smallest absolute Gasteiger partial charge is 0.248 e. The summed E-state index contributed by atoms with van der Waals surface area (Å²) in [5.74, 6) is 1.61. The van der Waals surface area contributed by atoms with Gasteiger partial charge in [-0.25, -0.2) is 0 Å². The number of tetrazole rings is 1. The maximum atomic E-state index is 12.3. The van der Waals surface area contributed by atoms with Crippen LogP contribution in [0.1, 0.15) is 32.4 Å². The van der Waals surface area contributed by atoms with Gasteiger partial charge in [-0.1, -0.05) is 5.10 Å². The van der Waals surface area contributed by atoms with E-state index in [1.165, 1.54) is 6.92 Å². The normalized spacial score (nSPS) is 16.3. The molecule has 0 saturated heterocycles. The van der Waals surface area contributed by atoms with Gasteiger partial charge in [0.2, 0.25) is 5.95 Å². The Kier molecular flexibility index (Phi) is 4.76. The molecule has 1 aromatic carbocycles. The molecule has 9 heteroatoms. The molecule has 1 aliphatic rings. The molecule has 2 aromatic rings. The van der Waals surface area contributed by atoms with Gasteiger partial charge in [0.05, 0.1) is 18.2 Å². The summed E-state index contributed by atoms with van der Waals surface area (Å²) in [7, 11) is 1.58. The number of hydrogen-bond donors (Lipinski definition) is 1. The second-order valence-corrected chi connectivity index (χ2v) is 6.39. The van der Waals surface area contributed by atoms with E-state index in [1.807, 2.05) is 26.0 Å². The fourth-order valence-corrected chi connectivity index (χ4v) is 3.61. The number of hydrogen-bond acceptors (Lipinski definition) is 7. The van der Waals surface area contributed by atoms with Crippen molar-refractivity contribution in [3.63, 3.8) is 0 Å². The van der Waals surface area contributed by atoms with Crippen LogP contribution in [0, 0.1) is 0 Å². The number of halogens is 1. The highest BCUT2D eigenvalue weighted by Gasteiger charge is 2.33. The molecule has 1 unspecified atom stereocenters. The molecule has 0 fully saturated rings. The van der Waals surface area contributed by atoms with Crippen LogP contribution in [0.3, 0.4) is 0 Å². The van der Waals surface area contributed by atoms with Crippen LogP contribution in [0.5, 0.6) is 11.5 Å². The van der Waals surface area contributed by atoms with Crippen molar-refractivity contribution in [1.82, 2.24) is 20.2 Å². The SMILES string of the molecule is CCOc1cc(C2C(C(C)=O)=C(C)Nc3nnnn32)cc(Br)c1OC. The number of ketones is 1. The van der Waals surface area contributed by atoms with Crippen molar-refractivity contribution in [3.8, 4) is 11.5 Å². The Morgan fingerprint density at radius 3 is 2.84 bits per heavy atom. The van der Waals surface area contributed by atoms with Crippen molar-refractivity contribution in [3.05, 3.63) is 33.4 Å². The Morgan fingerprint density at radius 2 is 2.20 bits per heavy atom. The van der Waals surface area contributed by atoms with E-state index in [0.717, 1.165) is 15.7 Å². The molecule has 2 heterocycles.